The number of carbonyl (C=O) groups is 1. The van der Waals surface area contributed by atoms with E-state index in [9.17, 15) is 4.79 Å². The van der Waals surface area contributed by atoms with Crippen LogP contribution >= 0.6 is 0 Å². The van der Waals surface area contributed by atoms with Crippen molar-refractivity contribution in [3.63, 3.8) is 0 Å². The molecule has 22 heavy (non-hydrogen) atoms. The van der Waals surface area contributed by atoms with Gasteiger partial charge in [-0.1, -0.05) is 12.2 Å². The van der Waals surface area contributed by atoms with E-state index in [0.717, 1.165) is 12.0 Å². The second-order valence-corrected chi connectivity index (χ2v) is 5.55. The van der Waals surface area contributed by atoms with Crippen LogP contribution in [0.15, 0.2) is 24.3 Å². The minimum absolute atomic E-state index is 0.0471. The number of cyclic esters (lactones) is 1. The van der Waals surface area contributed by atoms with Crippen LogP contribution in [-0.2, 0) is 9.53 Å². The monoisotopic (exact) mass is 304 g/mol. The first kappa shape index (κ1) is 14.8. The maximum Gasteiger partial charge on any atom is 0.309 e. The smallest absolute Gasteiger partial charge is 0.309 e. The van der Waals surface area contributed by atoms with Gasteiger partial charge >= 0.3 is 5.97 Å². The number of hydrogen-bond donors (Lipinski definition) is 0. The predicted molar refractivity (Wildman–Crippen MR) is 80.5 cm³/mol. The zero-order valence-corrected chi connectivity index (χ0v) is 13.0. The molecule has 0 aromatic heterocycles. The van der Waals surface area contributed by atoms with Crippen LogP contribution in [0.25, 0.3) is 0 Å². The Hall–Kier alpha value is -2.17. The highest BCUT2D eigenvalue weighted by Gasteiger charge is 2.42. The Morgan fingerprint density at radius 1 is 1.09 bits per heavy atom. The molecule has 0 bridgehead atoms. The molecule has 3 rings (SSSR count). The molecule has 118 valence electrons. The van der Waals surface area contributed by atoms with Crippen molar-refractivity contribution in [1.29, 1.82) is 0 Å². The van der Waals surface area contributed by atoms with E-state index in [-0.39, 0.29) is 23.7 Å². The average molecular weight is 304 g/mol. The Labute approximate surface area is 129 Å². The molecule has 1 aromatic carbocycles. The third-order valence-electron chi connectivity index (χ3n) is 4.50. The zero-order valence-electron chi connectivity index (χ0n) is 13.0. The molecule has 0 radical (unpaired) electrons. The Balaban J connectivity index is 2.02. The standard InChI is InChI=1S/C17H20O5/c1-19-14-7-10(8-15(20-2)16(14)21-3)11-5-4-6-12-13(11)9-22-17(12)18/h4-5,7-8,11-13H,6,9H2,1-3H3/t11-,12+,13+/m1/s1. The van der Waals surface area contributed by atoms with Crippen molar-refractivity contribution in [3.05, 3.63) is 29.8 Å². The van der Waals surface area contributed by atoms with E-state index in [1.807, 2.05) is 12.1 Å². The summed E-state index contributed by atoms with van der Waals surface area (Å²) in [6.45, 7) is 0.467. The quantitative estimate of drug-likeness (QED) is 0.632. The van der Waals surface area contributed by atoms with Gasteiger partial charge in [0.25, 0.3) is 0 Å². The Morgan fingerprint density at radius 3 is 2.36 bits per heavy atom. The second kappa shape index (κ2) is 5.91. The molecule has 5 heteroatoms. The van der Waals surface area contributed by atoms with Gasteiger partial charge < -0.3 is 18.9 Å². The van der Waals surface area contributed by atoms with Gasteiger partial charge in [0.05, 0.1) is 33.9 Å². The molecule has 2 aliphatic rings. The molecule has 1 aliphatic carbocycles. The highest BCUT2D eigenvalue weighted by Crippen LogP contribution is 2.46. The van der Waals surface area contributed by atoms with Crippen molar-refractivity contribution in [2.75, 3.05) is 27.9 Å². The number of benzene rings is 1. The number of methoxy groups -OCH3 is 3. The molecule has 0 saturated carbocycles. The van der Waals surface area contributed by atoms with Gasteiger partial charge in [-0.05, 0) is 24.1 Å². The molecule has 1 aromatic rings. The SMILES string of the molecule is COc1cc([C@H]2C=CC[C@@H]3C(=O)OC[C@H]32)cc(OC)c1OC. The van der Waals surface area contributed by atoms with Crippen molar-refractivity contribution in [2.45, 2.75) is 12.3 Å². The second-order valence-electron chi connectivity index (χ2n) is 5.55. The summed E-state index contributed by atoms with van der Waals surface area (Å²) in [6, 6.07) is 3.89. The summed E-state index contributed by atoms with van der Waals surface area (Å²) < 4.78 is 21.4. The average Bonchev–Trinajstić information content (AvgIpc) is 2.94. The van der Waals surface area contributed by atoms with E-state index < -0.39 is 0 Å². The third kappa shape index (κ3) is 2.30. The number of rotatable bonds is 4. The lowest BCUT2D eigenvalue weighted by atomic mass is 9.74. The summed E-state index contributed by atoms with van der Waals surface area (Å²) >= 11 is 0. The van der Waals surface area contributed by atoms with E-state index >= 15 is 0 Å². The minimum atomic E-state index is -0.0909. The van der Waals surface area contributed by atoms with Gasteiger partial charge in [0.1, 0.15) is 0 Å². The van der Waals surface area contributed by atoms with Crippen LogP contribution in [0.5, 0.6) is 17.2 Å². The molecule has 0 spiro atoms. The molecule has 0 N–H and O–H groups in total. The van der Waals surface area contributed by atoms with Crippen LogP contribution < -0.4 is 14.2 Å². The first-order valence-electron chi connectivity index (χ1n) is 7.32. The molecule has 1 saturated heterocycles. The van der Waals surface area contributed by atoms with Crippen LogP contribution in [0, 0.1) is 11.8 Å². The van der Waals surface area contributed by atoms with E-state index in [4.69, 9.17) is 18.9 Å². The molecular formula is C17H20O5. The van der Waals surface area contributed by atoms with E-state index in [1.165, 1.54) is 0 Å². The number of allylic oxidation sites excluding steroid dienone is 2. The van der Waals surface area contributed by atoms with Crippen LogP contribution in [0.3, 0.4) is 0 Å². The van der Waals surface area contributed by atoms with Crippen molar-refractivity contribution < 1.29 is 23.7 Å². The lowest BCUT2D eigenvalue weighted by molar-refractivity contribution is -0.141. The molecule has 5 nitrogen and oxygen atoms in total. The Bertz CT molecular complexity index is 582. The summed E-state index contributed by atoms with van der Waals surface area (Å²) in [5, 5.41) is 0. The summed E-state index contributed by atoms with van der Waals surface area (Å²) in [6.07, 6.45) is 4.95. The third-order valence-corrected chi connectivity index (χ3v) is 4.50. The summed E-state index contributed by atoms with van der Waals surface area (Å²) in [5.74, 6) is 1.96. The number of carbonyl (C=O) groups excluding carboxylic acids is 1. The van der Waals surface area contributed by atoms with E-state index in [1.54, 1.807) is 21.3 Å². The lowest BCUT2D eigenvalue weighted by Gasteiger charge is -2.27. The van der Waals surface area contributed by atoms with E-state index in [0.29, 0.717) is 23.9 Å². The van der Waals surface area contributed by atoms with Gasteiger partial charge in [-0.2, -0.15) is 0 Å². The Morgan fingerprint density at radius 2 is 1.77 bits per heavy atom. The summed E-state index contributed by atoms with van der Waals surface area (Å²) in [7, 11) is 4.78. The topological polar surface area (TPSA) is 54.0 Å². The van der Waals surface area contributed by atoms with Crippen LogP contribution in [0.1, 0.15) is 17.9 Å². The van der Waals surface area contributed by atoms with Gasteiger partial charge in [0, 0.05) is 11.8 Å². The summed E-state index contributed by atoms with van der Waals surface area (Å²) in [4.78, 5) is 11.8. The van der Waals surface area contributed by atoms with Crippen LogP contribution in [-0.4, -0.2) is 33.9 Å². The van der Waals surface area contributed by atoms with Crippen molar-refractivity contribution in [3.8, 4) is 17.2 Å². The van der Waals surface area contributed by atoms with Gasteiger partial charge in [-0.15, -0.1) is 0 Å². The molecule has 1 fully saturated rings. The van der Waals surface area contributed by atoms with Crippen LogP contribution in [0.4, 0.5) is 0 Å². The van der Waals surface area contributed by atoms with Crippen molar-refractivity contribution >= 4 is 5.97 Å². The highest BCUT2D eigenvalue weighted by molar-refractivity contribution is 5.75. The minimum Gasteiger partial charge on any atom is -0.493 e. The maximum absolute atomic E-state index is 11.8. The van der Waals surface area contributed by atoms with E-state index in [2.05, 4.69) is 12.2 Å². The number of hydrogen-bond acceptors (Lipinski definition) is 5. The lowest BCUT2D eigenvalue weighted by Crippen LogP contribution is -2.24. The normalized spacial score (nSPS) is 26.3. The first-order valence-corrected chi connectivity index (χ1v) is 7.32. The molecule has 0 amide bonds. The number of ether oxygens (including phenoxy) is 4. The highest BCUT2D eigenvalue weighted by atomic mass is 16.5. The largest absolute Gasteiger partial charge is 0.493 e. The number of esters is 1. The molecule has 3 atom stereocenters. The summed E-state index contributed by atoms with van der Waals surface area (Å²) in [5.41, 5.74) is 1.04. The zero-order chi connectivity index (χ0) is 15.7. The maximum atomic E-state index is 11.8. The van der Waals surface area contributed by atoms with Crippen LogP contribution in [0.2, 0.25) is 0 Å². The molecule has 1 aliphatic heterocycles. The van der Waals surface area contributed by atoms with Gasteiger partial charge in [-0.3, -0.25) is 4.79 Å². The number of fused-ring (bicyclic) bond motifs is 1. The van der Waals surface area contributed by atoms with Crippen molar-refractivity contribution in [2.24, 2.45) is 11.8 Å². The first-order chi connectivity index (χ1) is 10.7. The fourth-order valence-corrected chi connectivity index (χ4v) is 3.37. The van der Waals surface area contributed by atoms with Gasteiger partial charge in [-0.25, -0.2) is 0 Å². The van der Waals surface area contributed by atoms with Gasteiger partial charge in [0.2, 0.25) is 5.75 Å². The fourth-order valence-electron chi connectivity index (χ4n) is 3.37. The predicted octanol–water partition coefficient (Wildman–Crippen LogP) is 2.55. The molecular weight excluding hydrogens is 284 g/mol. The molecule has 0 unspecified atom stereocenters. The Kier molecular flexibility index (Phi) is 3.96. The molecule has 1 heterocycles. The van der Waals surface area contributed by atoms with Crippen molar-refractivity contribution in [1.82, 2.24) is 0 Å². The fraction of sp³-hybridized carbons (Fsp3) is 0.471. The van der Waals surface area contributed by atoms with Gasteiger partial charge in [0.15, 0.2) is 11.5 Å².